The second-order valence-electron chi connectivity index (χ2n) is 6.51. The first-order chi connectivity index (χ1) is 15.8. The van der Waals surface area contributed by atoms with Crippen LogP contribution in [0.1, 0.15) is 27.6 Å². The molecular formula is C22H24N4O7. The van der Waals surface area contributed by atoms with E-state index in [-0.39, 0.29) is 16.8 Å². The van der Waals surface area contributed by atoms with E-state index in [2.05, 4.69) is 25.9 Å². The lowest BCUT2D eigenvalue weighted by atomic mass is 10.1. The van der Waals surface area contributed by atoms with Crippen LogP contribution < -0.4 is 16.1 Å². The first-order valence-corrected chi connectivity index (χ1v) is 9.60. The van der Waals surface area contributed by atoms with Crippen LogP contribution in [0.4, 0.5) is 17.1 Å². The van der Waals surface area contributed by atoms with E-state index < -0.39 is 29.3 Å². The number of carbonyl (C=O) groups is 4. The number of nitrogens with one attached hydrogen (secondary N) is 3. The number of rotatable bonds is 10. The highest BCUT2D eigenvalue weighted by molar-refractivity contribution is 6.67. The third-order valence-corrected chi connectivity index (χ3v) is 4.25. The summed E-state index contributed by atoms with van der Waals surface area (Å²) in [5, 5.41) is 9.44. The fourth-order valence-corrected chi connectivity index (χ4v) is 2.59. The Hall–Kier alpha value is -4.25. The van der Waals surface area contributed by atoms with Crippen LogP contribution in [-0.2, 0) is 23.8 Å². The van der Waals surface area contributed by atoms with Crippen molar-refractivity contribution in [1.82, 2.24) is 0 Å². The van der Waals surface area contributed by atoms with Gasteiger partial charge in [-0.25, -0.2) is 9.59 Å². The zero-order chi connectivity index (χ0) is 24.4. The summed E-state index contributed by atoms with van der Waals surface area (Å²) in [5.74, 6) is -2.75. The topological polar surface area (TPSA) is 144 Å². The van der Waals surface area contributed by atoms with E-state index in [1.54, 1.807) is 31.4 Å². The lowest BCUT2D eigenvalue weighted by Gasteiger charge is -2.11. The molecule has 1 amide bonds. The van der Waals surface area contributed by atoms with Gasteiger partial charge < -0.3 is 24.8 Å². The van der Waals surface area contributed by atoms with Gasteiger partial charge in [-0.2, -0.15) is 5.10 Å². The summed E-state index contributed by atoms with van der Waals surface area (Å²) >= 11 is 0. The van der Waals surface area contributed by atoms with E-state index in [1.165, 1.54) is 39.3 Å². The summed E-state index contributed by atoms with van der Waals surface area (Å²) in [5.41, 5.74) is 3.47. The number of hydrogen-bond donors (Lipinski definition) is 3. The van der Waals surface area contributed by atoms with Crippen LogP contribution in [0.2, 0.25) is 0 Å². The standard InChI is InChI=1S/C22H24N4O7/c1-13(27)19(20(28)24-16-8-6-15(7-9-16)23-12-31-2)26-25-18-11-14(21(29)32-3)5-10-17(18)22(30)33-4/h5-11,23,25H,12H2,1-4H3,(H,24,28)/b26-19-. The van der Waals surface area contributed by atoms with Crippen LogP contribution in [0.15, 0.2) is 47.6 Å². The van der Waals surface area contributed by atoms with Crippen LogP contribution in [-0.4, -0.2) is 57.4 Å². The molecule has 2 rings (SSSR count). The minimum absolute atomic E-state index is 0.0383. The predicted octanol–water partition coefficient (Wildman–Crippen LogP) is 2.27. The number of hydrogen-bond acceptors (Lipinski definition) is 10. The number of Topliss-reactive ketones (excluding diaryl/α,β-unsaturated/α-hetero) is 1. The van der Waals surface area contributed by atoms with Crippen LogP contribution in [0, 0.1) is 0 Å². The quantitative estimate of drug-likeness (QED) is 0.161. The Morgan fingerprint density at radius 1 is 0.879 bits per heavy atom. The fraction of sp³-hybridized carbons (Fsp3) is 0.227. The third kappa shape index (κ3) is 6.87. The normalized spacial score (nSPS) is 10.7. The Labute approximate surface area is 190 Å². The monoisotopic (exact) mass is 456 g/mol. The largest absolute Gasteiger partial charge is 0.465 e. The Morgan fingerprint density at radius 2 is 1.52 bits per heavy atom. The Kier molecular flexibility index (Phi) is 9.06. The van der Waals surface area contributed by atoms with Crippen molar-refractivity contribution in [3.05, 3.63) is 53.6 Å². The Balaban J connectivity index is 2.27. The number of carbonyl (C=O) groups excluding carboxylic acids is 4. The van der Waals surface area contributed by atoms with Gasteiger partial charge in [0, 0.05) is 25.4 Å². The van der Waals surface area contributed by atoms with Crippen LogP contribution in [0.5, 0.6) is 0 Å². The lowest BCUT2D eigenvalue weighted by molar-refractivity contribution is -0.114. The molecule has 0 atom stereocenters. The summed E-state index contributed by atoms with van der Waals surface area (Å²) in [6.07, 6.45) is 0. The van der Waals surface area contributed by atoms with Gasteiger partial charge in [-0.3, -0.25) is 15.0 Å². The van der Waals surface area contributed by atoms with Gasteiger partial charge in [-0.05, 0) is 42.5 Å². The van der Waals surface area contributed by atoms with E-state index in [1.807, 2.05) is 0 Å². The van der Waals surface area contributed by atoms with Crippen molar-refractivity contribution in [3.63, 3.8) is 0 Å². The number of benzene rings is 2. The highest BCUT2D eigenvalue weighted by Gasteiger charge is 2.19. The molecule has 2 aromatic rings. The fourth-order valence-electron chi connectivity index (χ4n) is 2.59. The average molecular weight is 456 g/mol. The van der Waals surface area contributed by atoms with Gasteiger partial charge in [0.1, 0.15) is 6.73 Å². The lowest BCUT2D eigenvalue weighted by Crippen LogP contribution is -2.29. The molecule has 11 nitrogen and oxygen atoms in total. The molecule has 0 aliphatic heterocycles. The second-order valence-corrected chi connectivity index (χ2v) is 6.51. The number of esters is 2. The Bertz CT molecular complexity index is 1060. The molecule has 33 heavy (non-hydrogen) atoms. The van der Waals surface area contributed by atoms with E-state index in [0.717, 1.165) is 5.69 Å². The maximum atomic E-state index is 12.6. The number of hydrazone groups is 1. The molecule has 0 fully saturated rings. The molecule has 2 aromatic carbocycles. The van der Waals surface area contributed by atoms with Gasteiger partial charge in [0.25, 0.3) is 5.91 Å². The van der Waals surface area contributed by atoms with Gasteiger partial charge in [0.15, 0.2) is 11.5 Å². The van der Waals surface area contributed by atoms with Crippen molar-refractivity contribution in [2.24, 2.45) is 5.10 Å². The average Bonchev–Trinajstić information content (AvgIpc) is 2.82. The zero-order valence-corrected chi connectivity index (χ0v) is 18.6. The summed E-state index contributed by atoms with van der Waals surface area (Å²) < 4.78 is 14.3. The Morgan fingerprint density at radius 3 is 2.09 bits per heavy atom. The van der Waals surface area contributed by atoms with E-state index >= 15 is 0 Å². The van der Waals surface area contributed by atoms with Crippen LogP contribution >= 0.6 is 0 Å². The maximum Gasteiger partial charge on any atom is 0.340 e. The van der Waals surface area contributed by atoms with Crippen molar-refractivity contribution in [2.45, 2.75) is 6.92 Å². The molecule has 11 heteroatoms. The first-order valence-electron chi connectivity index (χ1n) is 9.60. The van der Waals surface area contributed by atoms with Crippen LogP contribution in [0.3, 0.4) is 0 Å². The molecule has 0 bridgehead atoms. The number of methoxy groups -OCH3 is 3. The molecule has 0 aromatic heterocycles. The number of ketones is 1. The molecule has 3 N–H and O–H groups in total. The highest BCUT2D eigenvalue weighted by Crippen LogP contribution is 2.20. The highest BCUT2D eigenvalue weighted by atomic mass is 16.5. The smallest absolute Gasteiger partial charge is 0.340 e. The van der Waals surface area contributed by atoms with E-state index in [9.17, 15) is 19.2 Å². The van der Waals surface area contributed by atoms with Crippen molar-refractivity contribution in [1.29, 1.82) is 0 Å². The van der Waals surface area contributed by atoms with Crippen LogP contribution in [0.25, 0.3) is 0 Å². The molecular weight excluding hydrogens is 432 g/mol. The van der Waals surface area contributed by atoms with Crippen molar-refractivity contribution in [2.75, 3.05) is 44.1 Å². The summed E-state index contributed by atoms with van der Waals surface area (Å²) in [6.45, 7) is 1.49. The maximum absolute atomic E-state index is 12.6. The number of amides is 1. The molecule has 0 aliphatic carbocycles. The second kappa shape index (κ2) is 12.0. The van der Waals surface area contributed by atoms with Gasteiger partial charge in [0.05, 0.1) is 31.0 Å². The van der Waals surface area contributed by atoms with E-state index in [0.29, 0.717) is 12.4 Å². The summed E-state index contributed by atoms with van der Waals surface area (Å²) in [7, 11) is 3.95. The van der Waals surface area contributed by atoms with E-state index in [4.69, 9.17) is 9.47 Å². The number of nitrogens with zero attached hydrogens (tertiary/aromatic N) is 1. The van der Waals surface area contributed by atoms with Gasteiger partial charge in [0.2, 0.25) is 0 Å². The van der Waals surface area contributed by atoms with Crippen molar-refractivity contribution >= 4 is 46.4 Å². The first kappa shape index (κ1) is 25.0. The molecule has 0 saturated heterocycles. The molecule has 0 saturated carbocycles. The zero-order valence-electron chi connectivity index (χ0n) is 18.6. The molecule has 0 radical (unpaired) electrons. The minimum Gasteiger partial charge on any atom is -0.465 e. The third-order valence-electron chi connectivity index (χ3n) is 4.25. The van der Waals surface area contributed by atoms with Gasteiger partial charge in [-0.15, -0.1) is 0 Å². The molecule has 174 valence electrons. The minimum atomic E-state index is -0.767. The van der Waals surface area contributed by atoms with Crippen molar-refractivity contribution < 1.29 is 33.4 Å². The molecule has 0 unspecified atom stereocenters. The molecule has 0 spiro atoms. The summed E-state index contributed by atoms with van der Waals surface area (Å²) in [4.78, 5) is 48.5. The number of ether oxygens (including phenoxy) is 3. The number of anilines is 3. The predicted molar refractivity (Wildman–Crippen MR) is 121 cm³/mol. The SMILES string of the molecule is COCNc1ccc(NC(=O)/C(=N\Nc2cc(C(=O)OC)ccc2C(=O)OC)C(C)=O)cc1. The molecule has 0 aliphatic rings. The molecule has 0 heterocycles. The van der Waals surface area contributed by atoms with Gasteiger partial charge in [-0.1, -0.05) is 0 Å². The van der Waals surface area contributed by atoms with Gasteiger partial charge >= 0.3 is 11.9 Å². The summed E-state index contributed by atoms with van der Waals surface area (Å²) in [6, 6.07) is 10.7. The van der Waals surface area contributed by atoms with Crippen molar-refractivity contribution in [3.8, 4) is 0 Å².